The maximum atomic E-state index is 12.8. The lowest BCUT2D eigenvalue weighted by Gasteiger charge is -2.11. The summed E-state index contributed by atoms with van der Waals surface area (Å²) in [4.78, 5) is 25.5. The molecule has 1 aromatic heterocycles. The van der Waals surface area contributed by atoms with Gasteiger partial charge >= 0.3 is 0 Å². The van der Waals surface area contributed by atoms with Gasteiger partial charge in [-0.1, -0.05) is 37.3 Å². The van der Waals surface area contributed by atoms with Crippen LogP contribution in [0.5, 0.6) is 0 Å². The van der Waals surface area contributed by atoms with Crippen molar-refractivity contribution >= 4 is 22.5 Å². The molecule has 0 atom stereocenters. The molecule has 0 unspecified atom stereocenters. The Kier molecular flexibility index (Phi) is 3.45. The summed E-state index contributed by atoms with van der Waals surface area (Å²) in [6.07, 6.45) is 3.42. The van der Waals surface area contributed by atoms with Crippen molar-refractivity contribution in [1.82, 2.24) is 4.57 Å². The lowest BCUT2D eigenvalue weighted by molar-refractivity contribution is 0.102. The Morgan fingerprint density at radius 1 is 1.17 bits per heavy atom. The molecule has 0 aliphatic carbocycles. The lowest BCUT2D eigenvalue weighted by Crippen LogP contribution is -2.23. The zero-order valence-corrected chi connectivity index (χ0v) is 13.5. The number of benzene rings is 2. The molecule has 24 heavy (non-hydrogen) atoms. The van der Waals surface area contributed by atoms with Crippen LogP contribution in [0, 0.1) is 0 Å². The van der Waals surface area contributed by atoms with Gasteiger partial charge in [-0.25, -0.2) is 0 Å². The number of amides is 1. The van der Waals surface area contributed by atoms with E-state index >= 15 is 0 Å². The zero-order chi connectivity index (χ0) is 16.7. The number of nitrogens with one attached hydrogen (secondary N) is 1. The van der Waals surface area contributed by atoms with Gasteiger partial charge in [0.15, 0.2) is 0 Å². The van der Waals surface area contributed by atoms with E-state index in [0.29, 0.717) is 5.39 Å². The Morgan fingerprint density at radius 2 is 2.00 bits per heavy atom. The van der Waals surface area contributed by atoms with Crippen molar-refractivity contribution < 1.29 is 4.79 Å². The molecule has 1 aliphatic rings. The number of para-hydroxylation sites is 2. The number of nitrogens with zero attached hydrogens (tertiary/aromatic N) is 1. The van der Waals surface area contributed by atoms with Crippen molar-refractivity contribution in [3.8, 4) is 0 Å². The van der Waals surface area contributed by atoms with Crippen LogP contribution in [-0.4, -0.2) is 10.5 Å². The summed E-state index contributed by atoms with van der Waals surface area (Å²) in [5, 5.41) is 3.53. The summed E-state index contributed by atoms with van der Waals surface area (Å²) in [6, 6.07) is 13.4. The predicted molar refractivity (Wildman–Crippen MR) is 95.7 cm³/mol. The Labute approximate surface area is 139 Å². The van der Waals surface area contributed by atoms with E-state index < -0.39 is 0 Å². The van der Waals surface area contributed by atoms with Crippen molar-refractivity contribution in [2.75, 3.05) is 5.32 Å². The number of hydrogen-bond acceptors (Lipinski definition) is 2. The molecule has 4 rings (SSSR count). The summed E-state index contributed by atoms with van der Waals surface area (Å²) < 4.78 is 2.02. The first kappa shape index (κ1) is 14.7. The maximum absolute atomic E-state index is 12.8. The first-order valence-corrected chi connectivity index (χ1v) is 8.23. The fraction of sp³-hybridized carbons (Fsp3) is 0.200. The Bertz CT molecular complexity index is 1020. The second-order valence-electron chi connectivity index (χ2n) is 6.09. The number of carbonyl (C=O) groups excluding carboxylic acids is 1. The molecule has 4 heteroatoms. The molecule has 1 N–H and O–H groups in total. The van der Waals surface area contributed by atoms with Gasteiger partial charge in [0.2, 0.25) is 5.43 Å². The monoisotopic (exact) mass is 318 g/mol. The van der Waals surface area contributed by atoms with E-state index in [2.05, 4.69) is 5.32 Å². The molecule has 0 fully saturated rings. The van der Waals surface area contributed by atoms with Gasteiger partial charge in [0.1, 0.15) is 5.56 Å². The van der Waals surface area contributed by atoms with Gasteiger partial charge in [-0.05, 0) is 36.1 Å². The summed E-state index contributed by atoms with van der Waals surface area (Å²) in [6.45, 7) is 2.85. The fourth-order valence-electron chi connectivity index (χ4n) is 3.46. The van der Waals surface area contributed by atoms with E-state index in [1.165, 1.54) is 5.56 Å². The molecule has 4 nitrogen and oxygen atoms in total. The number of hydrogen-bond donors (Lipinski definition) is 1. The highest BCUT2D eigenvalue weighted by molar-refractivity contribution is 6.06. The van der Waals surface area contributed by atoms with Gasteiger partial charge in [-0.3, -0.25) is 9.59 Å². The molecule has 0 bridgehead atoms. The standard InChI is InChI=1S/C20H18N2O2/c1-2-13-6-3-4-9-17(13)21-20(24)16-12-22-11-10-14-7-5-8-15(18(14)22)19(16)23/h3-9,12H,2,10-11H2,1H3,(H,21,24). The topological polar surface area (TPSA) is 51.1 Å². The highest BCUT2D eigenvalue weighted by Gasteiger charge is 2.20. The van der Waals surface area contributed by atoms with E-state index in [-0.39, 0.29) is 16.9 Å². The molecule has 0 radical (unpaired) electrons. The van der Waals surface area contributed by atoms with Gasteiger partial charge in [0, 0.05) is 23.8 Å². The van der Waals surface area contributed by atoms with Crippen LogP contribution < -0.4 is 10.7 Å². The summed E-state index contributed by atoms with van der Waals surface area (Å²) in [7, 11) is 0. The maximum Gasteiger partial charge on any atom is 0.261 e. The molecule has 3 aromatic rings. The lowest BCUT2D eigenvalue weighted by atomic mass is 10.1. The molecule has 1 amide bonds. The number of pyridine rings is 1. The zero-order valence-electron chi connectivity index (χ0n) is 13.5. The molecule has 2 aromatic carbocycles. The average Bonchev–Trinajstić information content (AvgIpc) is 3.02. The third-order valence-electron chi connectivity index (χ3n) is 4.69. The SMILES string of the molecule is CCc1ccccc1NC(=O)c1cn2c3c(cccc3c1=O)CC2. The van der Waals surface area contributed by atoms with Crippen LogP contribution in [0.4, 0.5) is 5.69 Å². The van der Waals surface area contributed by atoms with E-state index in [1.54, 1.807) is 12.3 Å². The smallest absolute Gasteiger partial charge is 0.261 e. The van der Waals surface area contributed by atoms with Crippen molar-refractivity contribution in [1.29, 1.82) is 0 Å². The molecule has 0 saturated heterocycles. The molecule has 0 spiro atoms. The van der Waals surface area contributed by atoms with Crippen LogP contribution in [0.2, 0.25) is 0 Å². The molecule has 0 saturated carbocycles. The summed E-state index contributed by atoms with van der Waals surface area (Å²) >= 11 is 0. The van der Waals surface area contributed by atoms with Gasteiger partial charge in [-0.15, -0.1) is 0 Å². The minimum Gasteiger partial charge on any atom is -0.346 e. The average molecular weight is 318 g/mol. The van der Waals surface area contributed by atoms with Crippen molar-refractivity contribution in [2.45, 2.75) is 26.3 Å². The van der Waals surface area contributed by atoms with E-state index in [0.717, 1.165) is 36.2 Å². The van der Waals surface area contributed by atoms with Gasteiger partial charge in [0.05, 0.1) is 5.52 Å². The van der Waals surface area contributed by atoms with Gasteiger partial charge in [0.25, 0.3) is 5.91 Å². The van der Waals surface area contributed by atoms with Crippen molar-refractivity contribution in [3.05, 3.63) is 75.6 Å². The molecular weight excluding hydrogens is 300 g/mol. The fourth-order valence-corrected chi connectivity index (χ4v) is 3.46. The largest absolute Gasteiger partial charge is 0.346 e. The predicted octanol–water partition coefficient (Wildman–Crippen LogP) is 3.37. The normalized spacial score (nSPS) is 12.5. The minimum absolute atomic E-state index is 0.198. The first-order chi connectivity index (χ1) is 11.7. The Hall–Kier alpha value is -2.88. The summed E-state index contributed by atoms with van der Waals surface area (Å²) in [5.41, 5.74) is 3.96. The molecular formula is C20H18N2O2. The number of aryl methyl sites for hydroxylation is 3. The minimum atomic E-state index is -0.344. The van der Waals surface area contributed by atoms with Crippen LogP contribution in [0.25, 0.3) is 10.9 Å². The third kappa shape index (κ3) is 2.22. The Balaban J connectivity index is 1.79. The number of rotatable bonds is 3. The Morgan fingerprint density at radius 3 is 2.83 bits per heavy atom. The first-order valence-electron chi connectivity index (χ1n) is 8.23. The molecule has 120 valence electrons. The molecule has 1 aliphatic heterocycles. The number of aromatic nitrogens is 1. The van der Waals surface area contributed by atoms with Crippen LogP contribution in [-0.2, 0) is 19.4 Å². The highest BCUT2D eigenvalue weighted by atomic mass is 16.2. The number of anilines is 1. The second kappa shape index (κ2) is 5.64. The van der Waals surface area contributed by atoms with E-state index in [1.807, 2.05) is 47.9 Å². The van der Waals surface area contributed by atoms with E-state index in [9.17, 15) is 9.59 Å². The summed E-state index contributed by atoms with van der Waals surface area (Å²) in [5.74, 6) is -0.344. The highest BCUT2D eigenvalue weighted by Crippen LogP contribution is 2.24. The van der Waals surface area contributed by atoms with Crippen LogP contribution in [0.3, 0.4) is 0 Å². The second-order valence-corrected chi connectivity index (χ2v) is 6.09. The van der Waals surface area contributed by atoms with E-state index in [4.69, 9.17) is 0 Å². The van der Waals surface area contributed by atoms with Gasteiger partial charge < -0.3 is 9.88 Å². The van der Waals surface area contributed by atoms with Crippen molar-refractivity contribution in [3.63, 3.8) is 0 Å². The van der Waals surface area contributed by atoms with Gasteiger partial charge in [-0.2, -0.15) is 0 Å². The third-order valence-corrected chi connectivity index (χ3v) is 4.69. The van der Waals surface area contributed by atoms with Crippen molar-refractivity contribution in [2.24, 2.45) is 0 Å². The van der Waals surface area contributed by atoms with Crippen LogP contribution in [0.1, 0.15) is 28.4 Å². The van der Waals surface area contributed by atoms with Crippen LogP contribution in [0.15, 0.2) is 53.5 Å². The molecule has 2 heterocycles. The van der Waals surface area contributed by atoms with Crippen LogP contribution >= 0.6 is 0 Å². The quantitative estimate of drug-likeness (QED) is 0.805. The number of carbonyl (C=O) groups is 1.